The molecule has 0 aliphatic heterocycles. The molecule has 4 nitrogen and oxygen atoms in total. The Balaban J connectivity index is 2.22. The molecule has 0 heterocycles. The first-order chi connectivity index (χ1) is 11.9. The van der Waals surface area contributed by atoms with Crippen molar-refractivity contribution in [3.05, 3.63) is 23.8 Å². The molecule has 0 unspecified atom stereocenters. The van der Waals surface area contributed by atoms with Gasteiger partial charge in [0.1, 0.15) is 11.5 Å². The van der Waals surface area contributed by atoms with Crippen LogP contribution in [0.15, 0.2) is 18.2 Å². The van der Waals surface area contributed by atoms with E-state index < -0.39 is 36.8 Å². The van der Waals surface area contributed by atoms with Gasteiger partial charge in [0.25, 0.3) is 0 Å². The predicted molar refractivity (Wildman–Crippen MR) is 77.0 cm³/mol. The smallest absolute Gasteiger partial charge is 0.484 e. The summed E-state index contributed by atoms with van der Waals surface area (Å²) in [6, 6.07) is 3.02. The zero-order chi connectivity index (χ0) is 19.5. The molecule has 1 saturated carbocycles. The number of hydrogen-bond acceptors (Lipinski definition) is 3. The third-order valence-electron chi connectivity index (χ3n) is 4.13. The van der Waals surface area contributed by atoms with Crippen LogP contribution in [0.5, 0.6) is 11.5 Å². The number of halogens is 6. The maximum absolute atomic E-state index is 12.4. The number of aliphatic carboxylic acids is 1. The lowest BCUT2D eigenvalue weighted by molar-refractivity contribution is -0.274. The highest BCUT2D eigenvalue weighted by Crippen LogP contribution is 2.41. The Labute approximate surface area is 144 Å². The molecule has 1 aromatic carbocycles. The second kappa shape index (κ2) is 7.63. The summed E-state index contributed by atoms with van der Waals surface area (Å²) >= 11 is 0. The number of benzene rings is 1. The molecular formula is C16H16F6O4. The van der Waals surface area contributed by atoms with Crippen LogP contribution in [0.3, 0.4) is 0 Å². The van der Waals surface area contributed by atoms with Crippen molar-refractivity contribution in [1.82, 2.24) is 0 Å². The van der Waals surface area contributed by atoms with Crippen molar-refractivity contribution < 1.29 is 45.7 Å². The standard InChI is InChI=1S/C16H16F6O4/c17-15(18,19)8-25-13-7-11(26-16(20,21)22)5-6-12(13)9-1-3-10(4-2-9)14(23)24/h5-7,9-10H,1-4,8H2,(H,23,24). The molecular weight excluding hydrogens is 370 g/mol. The fraction of sp³-hybridized carbons (Fsp3) is 0.562. The molecule has 0 saturated heterocycles. The fourth-order valence-electron chi connectivity index (χ4n) is 2.99. The summed E-state index contributed by atoms with van der Waals surface area (Å²) in [5.41, 5.74) is 0.313. The second-order valence-corrected chi connectivity index (χ2v) is 6.04. The molecule has 0 atom stereocenters. The van der Waals surface area contributed by atoms with Gasteiger partial charge in [0.2, 0.25) is 0 Å². The molecule has 0 aromatic heterocycles. The highest BCUT2D eigenvalue weighted by atomic mass is 19.4. The van der Waals surface area contributed by atoms with Crippen LogP contribution in [0.2, 0.25) is 0 Å². The van der Waals surface area contributed by atoms with Gasteiger partial charge in [0.15, 0.2) is 6.61 Å². The van der Waals surface area contributed by atoms with E-state index in [-0.39, 0.29) is 11.7 Å². The number of carboxylic acid groups (broad SMARTS) is 1. The Morgan fingerprint density at radius 1 is 1.08 bits per heavy atom. The van der Waals surface area contributed by atoms with E-state index in [1.807, 2.05) is 0 Å². The van der Waals surface area contributed by atoms with Crippen molar-refractivity contribution >= 4 is 5.97 Å². The van der Waals surface area contributed by atoms with Crippen LogP contribution >= 0.6 is 0 Å². The van der Waals surface area contributed by atoms with Crippen molar-refractivity contribution in [2.24, 2.45) is 5.92 Å². The van der Waals surface area contributed by atoms with E-state index in [2.05, 4.69) is 4.74 Å². The minimum Gasteiger partial charge on any atom is -0.484 e. The minimum atomic E-state index is -4.98. The Bertz CT molecular complexity index is 633. The predicted octanol–water partition coefficient (Wildman–Crippen LogP) is 4.88. The first-order valence-corrected chi connectivity index (χ1v) is 7.76. The SMILES string of the molecule is O=C(O)C1CCC(c2ccc(OC(F)(F)F)cc2OCC(F)(F)F)CC1. The molecule has 0 bridgehead atoms. The lowest BCUT2D eigenvalue weighted by Crippen LogP contribution is -2.23. The largest absolute Gasteiger partial charge is 0.573 e. The molecule has 0 amide bonds. The van der Waals surface area contributed by atoms with E-state index in [1.165, 1.54) is 6.07 Å². The Hall–Kier alpha value is -2.13. The summed E-state index contributed by atoms with van der Waals surface area (Å²) < 4.78 is 82.7. The van der Waals surface area contributed by atoms with Crippen LogP contribution in [0.25, 0.3) is 0 Å². The zero-order valence-corrected chi connectivity index (χ0v) is 13.4. The summed E-state index contributed by atoms with van der Waals surface area (Å²) in [4.78, 5) is 11.0. The van der Waals surface area contributed by atoms with Gasteiger partial charge in [0.05, 0.1) is 5.92 Å². The molecule has 0 spiro atoms. The maximum Gasteiger partial charge on any atom is 0.573 e. The average Bonchev–Trinajstić information content (AvgIpc) is 2.51. The van der Waals surface area contributed by atoms with Gasteiger partial charge in [-0.2, -0.15) is 13.2 Å². The highest BCUT2D eigenvalue weighted by molar-refractivity contribution is 5.70. The lowest BCUT2D eigenvalue weighted by atomic mass is 9.78. The molecule has 0 radical (unpaired) electrons. The molecule has 26 heavy (non-hydrogen) atoms. The average molecular weight is 386 g/mol. The quantitative estimate of drug-likeness (QED) is 0.733. The number of hydrogen-bond donors (Lipinski definition) is 1. The normalized spacial score (nSPS) is 21.3. The van der Waals surface area contributed by atoms with Crippen molar-refractivity contribution in [3.63, 3.8) is 0 Å². The molecule has 1 aliphatic rings. The van der Waals surface area contributed by atoms with Gasteiger partial charge in [0, 0.05) is 6.07 Å². The Morgan fingerprint density at radius 2 is 1.69 bits per heavy atom. The summed E-state index contributed by atoms with van der Waals surface area (Å²) in [7, 11) is 0. The number of carbonyl (C=O) groups is 1. The summed E-state index contributed by atoms with van der Waals surface area (Å²) in [5.74, 6) is -2.79. The van der Waals surface area contributed by atoms with Crippen LogP contribution in [-0.2, 0) is 4.79 Å². The van der Waals surface area contributed by atoms with Crippen molar-refractivity contribution in [2.75, 3.05) is 6.61 Å². The van der Waals surface area contributed by atoms with Gasteiger partial charge < -0.3 is 14.6 Å². The monoisotopic (exact) mass is 386 g/mol. The Morgan fingerprint density at radius 3 is 2.19 bits per heavy atom. The molecule has 1 aliphatic carbocycles. The summed E-state index contributed by atoms with van der Waals surface area (Å²) in [5, 5.41) is 9.00. The van der Waals surface area contributed by atoms with Gasteiger partial charge in [-0.1, -0.05) is 6.07 Å². The van der Waals surface area contributed by atoms with E-state index in [1.54, 1.807) is 0 Å². The molecule has 1 fully saturated rings. The van der Waals surface area contributed by atoms with Gasteiger partial charge in [-0.3, -0.25) is 4.79 Å². The number of alkyl halides is 6. The van der Waals surface area contributed by atoms with Crippen molar-refractivity contribution in [2.45, 2.75) is 44.1 Å². The van der Waals surface area contributed by atoms with Gasteiger partial charge in [-0.25, -0.2) is 0 Å². The van der Waals surface area contributed by atoms with Crippen LogP contribution in [0.4, 0.5) is 26.3 Å². The van der Waals surface area contributed by atoms with E-state index in [0.29, 0.717) is 31.2 Å². The molecule has 1 aromatic rings. The van der Waals surface area contributed by atoms with Gasteiger partial charge >= 0.3 is 18.5 Å². The zero-order valence-electron chi connectivity index (χ0n) is 13.4. The summed E-state index contributed by atoms with van der Waals surface area (Å²) in [6.07, 6.45) is -8.20. The van der Waals surface area contributed by atoms with Crippen LogP contribution in [0, 0.1) is 5.92 Å². The van der Waals surface area contributed by atoms with Gasteiger partial charge in [-0.05, 0) is 43.2 Å². The first-order valence-electron chi connectivity index (χ1n) is 7.76. The number of ether oxygens (including phenoxy) is 2. The van der Waals surface area contributed by atoms with Crippen LogP contribution in [-0.4, -0.2) is 30.2 Å². The second-order valence-electron chi connectivity index (χ2n) is 6.04. The summed E-state index contributed by atoms with van der Waals surface area (Å²) in [6.45, 7) is -1.65. The van der Waals surface area contributed by atoms with Crippen LogP contribution in [0.1, 0.15) is 37.2 Å². The molecule has 1 N–H and O–H groups in total. The molecule has 146 valence electrons. The number of rotatable bonds is 5. The van der Waals surface area contributed by atoms with Crippen molar-refractivity contribution in [1.29, 1.82) is 0 Å². The van der Waals surface area contributed by atoms with E-state index >= 15 is 0 Å². The van der Waals surface area contributed by atoms with Gasteiger partial charge in [-0.15, -0.1) is 13.2 Å². The van der Waals surface area contributed by atoms with Crippen LogP contribution < -0.4 is 9.47 Å². The van der Waals surface area contributed by atoms with E-state index in [0.717, 1.165) is 12.1 Å². The third kappa shape index (κ3) is 5.99. The highest BCUT2D eigenvalue weighted by Gasteiger charge is 2.34. The first kappa shape index (κ1) is 20.2. The lowest BCUT2D eigenvalue weighted by Gasteiger charge is -2.28. The molecule has 10 heteroatoms. The van der Waals surface area contributed by atoms with Crippen molar-refractivity contribution in [3.8, 4) is 11.5 Å². The number of carboxylic acids is 1. The fourth-order valence-corrected chi connectivity index (χ4v) is 2.99. The Kier molecular flexibility index (Phi) is 5.92. The minimum absolute atomic E-state index is 0.297. The third-order valence-corrected chi connectivity index (χ3v) is 4.13. The topological polar surface area (TPSA) is 55.8 Å². The van der Waals surface area contributed by atoms with E-state index in [4.69, 9.17) is 9.84 Å². The van der Waals surface area contributed by atoms with E-state index in [9.17, 15) is 31.1 Å². The molecule has 2 rings (SSSR count). The maximum atomic E-state index is 12.4.